The Hall–Kier alpha value is -4.09. The number of carbonyl (C=O) groups excluding carboxylic acids is 4. The Kier molecular flexibility index (Phi) is 9.17. The Labute approximate surface area is 253 Å². The number of carboxylic acids is 2. The van der Waals surface area contributed by atoms with Gasteiger partial charge in [-0.1, -0.05) is 36.6 Å². The van der Waals surface area contributed by atoms with Crippen LogP contribution in [-0.2, 0) is 28.8 Å². The fourth-order valence-electron chi connectivity index (χ4n) is 7.74. The van der Waals surface area contributed by atoms with Crippen LogP contribution in [0, 0.1) is 35.4 Å². The quantitative estimate of drug-likeness (QED) is 0.172. The van der Waals surface area contributed by atoms with Crippen LogP contribution in [0.15, 0.2) is 29.8 Å². The van der Waals surface area contributed by atoms with Gasteiger partial charge in [0, 0.05) is 37.4 Å². The number of carbonyl (C=O) groups is 6. The van der Waals surface area contributed by atoms with E-state index in [0.717, 1.165) is 6.07 Å². The number of hydrogen-bond acceptors (Lipinski definition) is 7. The van der Waals surface area contributed by atoms with Crippen molar-refractivity contribution in [1.82, 2.24) is 9.80 Å². The van der Waals surface area contributed by atoms with E-state index in [9.17, 15) is 38.3 Å². The first kappa shape index (κ1) is 31.3. The minimum Gasteiger partial charge on any atom is -0.505 e. The van der Waals surface area contributed by atoms with Gasteiger partial charge in [0.25, 0.3) is 0 Å². The molecule has 4 aliphatic rings. The van der Waals surface area contributed by atoms with Crippen LogP contribution in [0.1, 0.15) is 75.7 Å². The zero-order chi connectivity index (χ0) is 31.7. The number of hydrogen-bond donors (Lipinski definition) is 3. The number of benzene rings is 1. The molecule has 2 heterocycles. The number of phenols is 1. The second-order valence-electron chi connectivity index (χ2n) is 12.3. The van der Waals surface area contributed by atoms with Crippen molar-refractivity contribution in [2.45, 2.75) is 70.1 Å². The summed E-state index contributed by atoms with van der Waals surface area (Å²) in [5, 5.41) is 28.6. The average molecular weight is 613 g/mol. The predicted octanol–water partition coefficient (Wildman–Crippen LogP) is 3.46. The molecular formula is C32H37FN2O9. The lowest BCUT2D eigenvalue weighted by Gasteiger charge is -2.44. The summed E-state index contributed by atoms with van der Waals surface area (Å²) in [6.45, 7) is 0.272. The van der Waals surface area contributed by atoms with Gasteiger partial charge in [0.15, 0.2) is 11.6 Å². The summed E-state index contributed by atoms with van der Waals surface area (Å²) in [5.41, 5.74) is 0.813. The van der Waals surface area contributed by atoms with Crippen LogP contribution in [0.5, 0.6) is 5.75 Å². The minimum atomic E-state index is -0.923. The van der Waals surface area contributed by atoms with E-state index in [4.69, 9.17) is 10.2 Å². The molecule has 0 spiro atoms. The van der Waals surface area contributed by atoms with Gasteiger partial charge in [0.05, 0.1) is 23.7 Å². The second kappa shape index (κ2) is 12.9. The zero-order valence-corrected chi connectivity index (χ0v) is 24.3. The molecule has 11 nitrogen and oxygen atoms in total. The van der Waals surface area contributed by atoms with E-state index in [1.54, 1.807) is 0 Å². The van der Waals surface area contributed by atoms with Crippen molar-refractivity contribution >= 4 is 35.6 Å². The van der Waals surface area contributed by atoms with Crippen molar-refractivity contribution in [3.05, 3.63) is 41.2 Å². The monoisotopic (exact) mass is 612 g/mol. The maximum absolute atomic E-state index is 14.6. The summed E-state index contributed by atoms with van der Waals surface area (Å²) in [4.78, 5) is 78.8. The van der Waals surface area contributed by atoms with Gasteiger partial charge in [-0.15, -0.1) is 0 Å². The standard InChI is InChI=1S/C32H37FN2O9/c33-22-9-7-8-18(28(22)40)25-17-12-13-19-26(31(43)34(29(19)41)14-5-1-3-10-23(36)37)20(17)16-21-27(25)32(44)35(30(21)42)15-6-2-4-11-24(38)39/h7-9,12,19-21,25-27,40H,1-6,10-11,13-16H2,(H,36,37)(H,38,39). The van der Waals surface area contributed by atoms with E-state index in [-0.39, 0.29) is 56.2 Å². The second-order valence-corrected chi connectivity index (χ2v) is 12.3. The van der Waals surface area contributed by atoms with Crippen LogP contribution in [0.4, 0.5) is 4.39 Å². The molecule has 6 atom stereocenters. The first-order valence-electron chi connectivity index (χ1n) is 15.3. The third kappa shape index (κ3) is 5.73. The van der Waals surface area contributed by atoms with Crippen LogP contribution in [0.3, 0.4) is 0 Å². The first-order chi connectivity index (χ1) is 21.0. The lowest BCUT2D eigenvalue weighted by atomic mass is 9.57. The smallest absolute Gasteiger partial charge is 0.303 e. The topological polar surface area (TPSA) is 170 Å². The largest absolute Gasteiger partial charge is 0.505 e. The number of fused-ring (bicyclic) bond motifs is 4. The van der Waals surface area contributed by atoms with Gasteiger partial charge in [-0.25, -0.2) is 4.39 Å². The van der Waals surface area contributed by atoms with E-state index in [0.29, 0.717) is 44.1 Å². The van der Waals surface area contributed by atoms with Gasteiger partial charge in [-0.2, -0.15) is 0 Å². The molecular weight excluding hydrogens is 575 g/mol. The third-order valence-electron chi connectivity index (χ3n) is 9.73. The number of aliphatic carboxylic acids is 2. The molecule has 0 bridgehead atoms. The van der Waals surface area contributed by atoms with E-state index < -0.39 is 70.8 Å². The average Bonchev–Trinajstić information content (AvgIpc) is 3.36. The third-order valence-corrected chi connectivity index (χ3v) is 9.73. The maximum Gasteiger partial charge on any atom is 0.303 e. The molecule has 12 heteroatoms. The predicted molar refractivity (Wildman–Crippen MR) is 151 cm³/mol. The lowest BCUT2D eigenvalue weighted by molar-refractivity contribution is -0.142. The highest BCUT2D eigenvalue weighted by atomic mass is 19.1. The van der Waals surface area contributed by atoms with Crippen molar-refractivity contribution in [2.24, 2.45) is 29.6 Å². The molecule has 2 aliphatic carbocycles. The molecule has 4 amide bonds. The van der Waals surface area contributed by atoms with Gasteiger partial charge < -0.3 is 15.3 Å². The van der Waals surface area contributed by atoms with Gasteiger partial charge >= 0.3 is 11.9 Å². The number of aromatic hydroxyl groups is 1. The molecule has 0 radical (unpaired) electrons. The van der Waals surface area contributed by atoms with E-state index >= 15 is 0 Å². The van der Waals surface area contributed by atoms with Crippen molar-refractivity contribution < 1.29 is 48.5 Å². The highest BCUT2D eigenvalue weighted by Gasteiger charge is 2.62. The molecule has 5 rings (SSSR count). The van der Waals surface area contributed by atoms with Crippen LogP contribution >= 0.6 is 0 Å². The lowest BCUT2D eigenvalue weighted by Crippen LogP contribution is -2.43. The highest BCUT2D eigenvalue weighted by Crippen LogP contribution is 2.58. The molecule has 6 unspecified atom stereocenters. The number of phenolic OH excluding ortho intramolecular Hbond substituents is 1. The fraction of sp³-hybridized carbons (Fsp3) is 0.562. The molecule has 2 aliphatic heterocycles. The zero-order valence-electron chi connectivity index (χ0n) is 24.3. The number of halogens is 1. The Morgan fingerprint density at radius 3 is 1.91 bits per heavy atom. The SMILES string of the molecule is O=C(O)CCCCCN1C(=O)C2CC=C3C(CC4C(=O)N(CCCCCC(=O)O)C(=O)C4C3c3cccc(F)c3O)C2C1=O. The van der Waals surface area contributed by atoms with Gasteiger partial charge in [-0.3, -0.25) is 38.6 Å². The number of carboxylic acid groups (broad SMARTS) is 2. The number of allylic oxidation sites excluding steroid dienone is 2. The Bertz CT molecular complexity index is 1410. The van der Waals surface area contributed by atoms with E-state index in [1.165, 1.54) is 21.9 Å². The Balaban J connectivity index is 1.42. The molecule has 236 valence electrons. The Morgan fingerprint density at radius 1 is 0.750 bits per heavy atom. The van der Waals surface area contributed by atoms with Crippen molar-refractivity contribution in [3.8, 4) is 5.75 Å². The fourth-order valence-corrected chi connectivity index (χ4v) is 7.74. The van der Waals surface area contributed by atoms with Gasteiger partial charge in [-0.05, 0) is 50.5 Å². The van der Waals surface area contributed by atoms with Gasteiger partial charge in [0.1, 0.15) is 0 Å². The number of unbranched alkanes of at least 4 members (excludes halogenated alkanes) is 4. The van der Waals surface area contributed by atoms with Crippen LogP contribution in [0.25, 0.3) is 0 Å². The molecule has 1 aromatic carbocycles. The summed E-state index contributed by atoms with van der Waals surface area (Å²) in [6, 6.07) is 4.04. The number of rotatable bonds is 13. The van der Waals surface area contributed by atoms with Crippen molar-refractivity contribution in [1.29, 1.82) is 0 Å². The van der Waals surface area contributed by atoms with Crippen molar-refractivity contribution in [2.75, 3.05) is 13.1 Å². The van der Waals surface area contributed by atoms with Crippen LogP contribution < -0.4 is 0 Å². The number of imide groups is 2. The molecule has 3 N–H and O–H groups in total. The summed E-state index contributed by atoms with van der Waals surface area (Å²) < 4.78 is 14.6. The number of para-hydroxylation sites is 1. The minimum absolute atomic E-state index is 0.00542. The van der Waals surface area contributed by atoms with Gasteiger partial charge in [0.2, 0.25) is 23.6 Å². The molecule has 0 aromatic heterocycles. The number of amides is 4. The summed E-state index contributed by atoms with van der Waals surface area (Å²) in [5.74, 6) is -9.40. The first-order valence-corrected chi connectivity index (χ1v) is 15.3. The molecule has 2 saturated heterocycles. The molecule has 1 aromatic rings. The van der Waals surface area contributed by atoms with Crippen LogP contribution in [-0.4, -0.2) is 73.8 Å². The normalized spacial score (nSPS) is 27.7. The van der Waals surface area contributed by atoms with Crippen molar-refractivity contribution in [3.63, 3.8) is 0 Å². The molecule has 44 heavy (non-hydrogen) atoms. The van der Waals surface area contributed by atoms with Crippen LogP contribution in [0.2, 0.25) is 0 Å². The number of nitrogens with zero attached hydrogens (tertiary/aromatic N) is 2. The Morgan fingerprint density at radius 2 is 1.32 bits per heavy atom. The van der Waals surface area contributed by atoms with E-state index in [1.807, 2.05) is 6.08 Å². The number of likely N-dealkylation sites (tertiary alicyclic amines) is 2. The maximum atomic E-state index is 14.6. The van der Waals surface area contributed by atoms with E-state index in [2.05, 4.69) is 0 Å². The summed E-state index contributed by atoms with van der Waals surface area (Å²) in [6.07, 6.45) is 4.98. The summed E-state index contributed by atoms with van der Waals surface area (Å²) >= 11 is 0. The molecule has 1 saturated carbocycles. The molecule has 3 fully saturated rings. The summed E-state index contributed by atoms with van der Waals surface area (Å²) in [7, 11) is 0. The highest BCUT2D eigenvalue weighted by molar-refractivity contribution is 6.08.